The molecular weight excluding hydrogens is 432 g/mol. The first-order chi connectivity index (χ1) is 13.8. The first-order valence-electron chi connectivity index (χ1n) is 8.77. The van der Waals surface area contributed by atoms with Crippen molar-refractivity contribution in [2.24, 2.45) is 0 Å². The second-order valence-electron chi connectivity index (χ2n) is 6.63. The minimum Gasteiger partial charge on any atom is -0.335 e. The van der Waals surface area contributed by atoms with Gasteiger partial charge >= 0.3 is 12.4 Å². The van der Waals surface area contributed by atoms with Crippen LogP contribution in [0.5, 0.6) is 0 Å². The van der Waals surface area contributed by atoms with Crippen LogP contribution in [0.25, 0.3) is 0 Å². The molecule has 0 aliphatic carbocycles. The number of carbonyl (C=O) groups excluding carboxylic acids is 1. The molecule has 1 atom stereocenters. The van der Waals surface area contributed by atoms with Crippen LogP contribution in [-0.4, -0.2) is 23.9 Å². The molecule has 0 radical (unpaired) electrons. The van der Waals surface area contributed by atoms with Gasteiger partial charge in [-0.25, -0.2) is 0 Å². The number of hydrogen-bond donors (Lipinski definition) is 0. The van der Waals surface area contributed by atoms with Crippen molar-refractivity contribution in [1.29, 1.82) is 0 Å². The Bertz CT molecular complexity index is 886. The molecule has 0 fully saturated rings. The van der Waals surface area contributed by atoms with Gasteiger partial charge in [0, 0.05) is 17.6 Å². The summed E-state index contributed by atoms with van der Waals surface area (Å²) in [5, 5.41) is 0.509. The Morgan fingerprint density at radius 3 is 1.93 bits per heavy atom. The molecule has 0 saturated heterocycles. The monoisotopic (exact) mass is 449 g/mol. The Morgan fingerprint density at radius 2 is 1.50 bits per heavy atom. The van der Waals surface area contributed by atoms with E-state index < -0.39 is 41.0 Å². The third-order valence-electron chi connectivity index (χ3n) is 4.43. The molecular formula is C21H18ClF6NO. The highest BCUT2D eigenvalue weighted by Gasteiger charge is 2.38. The van der Waals surface area contributed by atoms with E-state index in [0.717, 1.165) is 10.5 Å². The van der Waals surface area contributed by atoms with Crippen molar-refractivity contribution in [2.45, 2.75) is 31.7 Å². The second kappa shape index (κ2) is 9.12. The average molecular weight is 450 g/mol. The van der Waals surface area contributed by atoms with Gasteiger partial charge < -0.3 is 4.90 Å². The Labute approximate surface area is 174 Å². The number of allylic oxidation sites excluding steroid dienone is 1. The van der Waals surface area contributed by atoms with Crippen LogP contribution in [-0.2, 0) is 18.8 Å². The second-order valence-corrected chi connectivity index (χ2v) is 7.07. The smallest absolute Gasteiger partial charge is 0.335 e. The molecule has 0 saturated carbocycles. The summed E-state index contributed by atoms with van der Waals surface area (Å²) in [5.41, 5.74) is -2.96. The Kier molecular flexibility index (Phi) is 7.23. The zero-order valence-corrected chi connectivity index (χ0v) is 16.7. The molecule has 0 heterocycles. The van der Waals surface area contributed by atoms with Crippen molar-refractivity contribution in [3.05, 3.63) is 81.9 Å². The van der Waals surface area contributed by atoms with Gasteiger partial charge in [0.05, 0.1) is 17.2 Å². The number of alkyl halides is 6. The highest BCUT2D eigenvalue weighted by atomic mass is 35.5. The SMILES string of the molecule is CC=CC(Cc1ccc(Cl)cc1)N(C)C(=O)c1cc(C(F)(F)F)cc(C(F)(F)F)c1. The van der Waals surface area contributed by atoms with Crippen molar-refractivity contribution >= 4 is 17.5 Å². The number of amides is 1. The van der Waals surface area contributed by atoms with Crippen LogP contribution in [0.2, 0.25) is 5.02 Å². The zero-order chi connectivity index (χ0) is 22.7. The number of rotatable bonds is 5. The van der Waals surface area contributed by atoms with E-state index >= 15 is 0 Å². The quantitative estimate of drug-likeness (QED) is 0.370. The maximum Gasteiger partial charge on any atom is 0.416 e. The molecule has 1 unspecified atom stereocenters. The fourth-order valence-corrected chi connectivity index (χ4v) is 2.98. The highest BCUT2D eigenvalue weighted by molar-refractivity contribution is 6.30. The highest BCUT2D eigenvalue weighted by Crippen LogP contribution is 2.36. The topological polar surface area (TPSA) is 20.3 Å². The van der Waals surface area contributed by atoms with Gasteiger partial charge in [-0.15, -0.1) is 0 Å². The van der Waals surface area contributed by atoms with E-state index in [1.807, 2.05) is 0 Å². The lowest BCUT2D eigenvalue weighted by atomic mass is 10.0. The predicted octanol–water partition coefficient (Wildman–Crippen LogP) is 6.64. The maximum atomic E-state index is 13.1. The van der Waals surface area contributed by atoms with Gasteiger partial charge in [-0.05, 0) is 49.2 Å². The molecule has 0 aliphatic heterocycles. The van der Waals surface area contributed by atoms with Crippen molar-refractivity contribution < 1.29 is 31.1 Å². The minimum atomic E-state index is -5.03. The first kappa shape index (κ1) is 23.8. The Morgan fingerprint density at radius 1 is 1.00 bits per heavy atom. The molecule has 0 aliphatic rings. The molecule has 2 aromatic carbocycles. The Balaban J connectivity index is 2.41. The van der Waals surface area contributed by atoms with Gasteiger partial charge in [-0.2, -0.15) is 26.3 Å². The number of likely N-dealkylation sites (N-methyl/N-ethyl adjacent to an activating group) is 1. The van der Waals surface area contributed by atoms with E-state index in [1.54, 1.807) is 43.3 Å². The summed E-state index contributed by atoms with van der Waals surface area (Å²) in [7, 11) is 1.33. The number of nitrogens with zero attached hydrogens (tertiary/aromatic N) is 1. The summed E-state index contributed by atoms with van der Waals surface area (Å²) >= 11 is 5.84. The summed E-state index contributed by atoms with van der Waals surface area (Å²) in [4.78, 5) is 13.9. The summed E-state index contributed by atoms with van der Waals surface area (Å²) in [6, 6.07) is 7.02. The average Bonchev–Trinajstić information content (AvgIpc) is 2.66. The molecule has 9 heteroatoms. The van der Waals surface area contributed by atoms with Crippen molar-refractivity contribution in [3.8, 4) is 0 Å². The number of hydrogen-bond acceptors (Lipinski definition) is 1. The molecule has 0 spiro atoms. The van der Waals surface area contributed by atoms with Gasteiger partial charge in [0.15, 0.2) is 0 Å². The van der Waals surface area contributed by atoms with E-state index in [-0.39, 0.29) is 6.07 Å². The van der Waals surface area contributed by atoms with Gasteiger partial charge in [0.25, 0.3) is 5.91 Å². The number of benzene rings is 2. The van der Waals surface area contributed by atoms with Gasteiger partial charge in [-0.3, -0.25) is 4.79 Å². The maximum absolute atomic E-state index is 13.1. The molecule has 30 heavy (non-hydrogen) atoms. The lowest BCUT2D eigenvalue weighted by Crippen LogP contribution is -2.37. The van der Waals surface area contributed by atoms with Crippen LogP contribution in [0, 0.1) is 0 Å². The summed E-state index contributed by atoms with van der Waals surface area (Å²) in [6.45, 7) is 1.69. The van der Waals surface area contributed by atoms with Crippen LogP contribution >= 0.6 is 11.6 Å². The zero-order valence-electron chi connectivity index (χ0n) is 16.0. The van der Waals surface area contributed by atoms with Crippen LogP contribution < -0.4 is 0 Å². The van der Waals surface area contributed by atoms with Gasteiger partial charge in [-0.1, -0.05) is 35.9 Å². The van der Waals surface area contributed by atoms with Crippen molar-refractivity contribution in [2.75, 3.05) is 7.05 Å². The molecule has 2 nitrogen and oxygen atoms in total. The van der Waals surface area contributed by atoms with E-state index in [0.29, 0.717) is 23.6 Å². The van der Waals surface area contributed by atoms with Crippen molar-refractivity contribution in [3.63, 3.8) is 0 Å². The van der Waals surface area contributed by atoms with E-state index in [2.05, 4.69) is 0 Å². The molecule has 2 rings (SSSR count). The van der Waals surface area contributed by atoms with Gasteiger partial charge in [0.1, 0.15) is 0 Å². The van der Waals surface area contributed by atoms with Crippen molar-refractivity contribution in [1.82, 2.24) is 4.90 Å². The summed E-state index contributed by atoms with van der Waals surface area (Å²) in [5.74, 6) is -0.955. The number of halogens is 7. The van der Waals surface area contributed by atoms with Crippen LogP contribution in [0.3, 0.4) is 0 Å². The molecule has 162 valence electrons. The molecule has 0 N–H and O–H groups in total. The summed E-state index contributed by atoms with van der Waals surface area (Å²) < 4.78 is 78.5. The lowest BCUT2D eigenvalue weighted by molar-refractivity contribution is -0.143. The van der Waals surface area contributed by atoms with Crippen LogP contribution in [0.4, 0.5) is 26.3 Å². The third kappa shape index (κ3) is 6.01. The minimum absolute atomic E-state index is 0.00603. The molecule has 1 amide bonds. The predicted molar refractivity (Wildman–Crippen MR) is 102 cm³/mol. The fraction of sp³-hybridized carbons (Fsp3) is 0.286. The fourth-order valence-electron chi connectivity index (χ4n) is 2.85. The van der Waals surface area contributed by atoms with E-state index in [4.69, 9.17) is 11.6 Å². The first-order valence-corrected chi connectivity index (χ1v) is 9.14. The largest absolute Gasteiger partial charge is 0.416 e. The molecule has 2 aromatic rings. The Hall–Kier alpha value is -2.48. The van der Waals surface area contributed by atoms with Gasteiger partial charge in [0.2, 0.25) is 0 Å². The van der Waals surface area contributed by atoms with Crippen LogP contribution in [0.1, 0.15) is 34.0 Å². The standard InChI is InChI=1S/C21H18ClF6NO/c1-3-4-18(9-13-5-7-17(22)8-6-13)29(2)19(30)14-10-15(20(23,24)25)12-16(11-14)21(26,27)28/h3-8,10-12,18H,9H2,1-2H3. The lowest BCUT2D eigenvalue weighted by Gasteiger charge is -2.27. The van der Waals surface area contributed by atoms with E-state index in [1.165, 1.54) is 7.05 Å². The molecule has 0 bridgehead atoms. The third-order valence-corrected chi connectivity index (χ3v) is 4.68. The normalized spacial score (nSPS) is 13.5. The molecule has 0 aromatic heterocycles. The summed E-state index contributed by atoms with van der Waals surface area (Å²) in [6.07, 6.45) is -6.46. The van der Waals surface area contributed by atoms with E-state index in [9.17, 15) is 31.1 Å². The number of carbonyl (C=O) groups is 1. The van der Waals surface area contributed by atoms with Crippen LogP contribution in [0.15, 0.2) is 54.6 Å².